The summed E-state index contributed by atoms with van der Waals surface area (Å²) in [6.45, 7) is 3.89. The van der Waals surface area contributed by atoms with E-state index in [0.717, 1.165) is 0 Å². The lowest BCUT2D eigenvalue weighted by atomic mass is 9.97. The number of carbonyl (C=O) groups is 1. The van der Waals surface area contributed by atoms with Gasteiger partial charge in [0.05, 0.1) is 12.0 Å². The lowest BCUT2D eigenvalue weighted by Crippen LogP contribution is -2.36. The predicted octanol–water partition coefficient (Wildman–Crippen LogP) is 1.26. The molecule has 4 heteroatoms. The van der Waals surface area contributed by atoms with Gasteiger partial charge in [-0.25, -0.2) is 0 Å². The molecule has 2 aliphatic heterocycles. The highest BCUT2D eigenvalue weighted by Gasteiger charge is 2.38. The second-order valence-electron chi connectivity index (χ2n) is 4.51. The topological polar surface area (TPSA) is 44.8 Å². The smallest absolute Gasteiger partial charge is 0.312 e. The SMILES string of the molecule is [2H]CC(C)(C)C(=O)O[C@H]1C=C[C@H]2COC1O2. The van der Waals surface area contributed by atoms with Crippen LogP contribution in [-0.2, 0) is 19.0 Å². The van der Waals surface area contributed by atoms with Gasteiger partial charge >= 0.3 is 5.97 Å². The molecule has 2 rings (SSSR count). The first kappa shape index (κ1) is 9.36. The lowest BCUT2D eigenvalue weighted by molar-refractivity contribution is -0.177. The van der Waals surface area contributed by atoms with Crippen LogP contribution in [0, 0.1) is 5.41 Å². The van der Waals surface area contributed by atoms with E-state index in [-0.39, 0.29) is 13.0 Å². The molecule has 0 aliphatic carbocycles. The number of ether oxygens (including phenoxy) is 3. The van der Waals surface area contributed by atoms with Crippen LogP contribution < -0.4 is 0 Å². The van der Waals surface area contributed by atoms with E-state index in [1.165, 1.54) is 0 Å². The highest BCUT2D eigenvalue weighted by atomic mass is 16.7. The molecule has 15 heavy (non-hydrogen) atoms. The van der Waals surface area contributed by atoms with Crippen molar-refractivity contribution in [2.24, 2.45) is 5.41 Å². The molecule has 84 valence electrons. The number of hydrogen-bond donors (Lipinski definition) is 0. The van der Waals surface area contributed by atoms with Gasteiger partial charge < -0.3 is 14.2 Å². The highest BCUT2D eigenvalue weighted by molar-refractivity contribution is 5.75. The van der Waals surface area contributed by atoms with Crippen molar-refractivity contribution in [3.05, 3.63) is 12.2 Å². The average molecular weight is 213 g/mol. The van der Waals surface area contributed by atoms with E-state index in [9.17, 15) is 4.79 Å². The van der Waals surface area contributed by atoms with Crippen molar-refractivity contribution in [2.45, 2.75) is 39.2 Å². The molecule has 0 amide bonds. The minimum Gasteiger partial charge on any atom is -0.452 e. The van der Waals surface area contributed by atoms with E-state index in [1.807, 2.05) is 6.08 Å². The Morgan fingerprint density at radius 1 is 1.60 bits per heavy atom. The Morgan fingerprint density at radius 3 is 3.13 bits per heavy atom. The molecule has 0 spiro atoms. The van der Waals surface area contributed by atoms with Gasteiger partial charge in [0, 0.05) is 1.37 Å². The molecule has 1 unspecified atom stereocenters. The van der Waals surface area contributed by atoms with E-state index in [4.69, 9.17) is 15.6 Å². The Balaban J connectivity index is 1.98. The number of hydrogen-bond acceptors (Lipinski definition) is 4. The van der Waals surface area contributed by atoms with Crippen molar-refractivity contribution < 1.29 is 20.4 Å². The molecule has 2 heterocycles. The van der Waals surface area contributed by atoms with Gasteiger partial charge in [-0.2, -0.15) is 0 Å². The van der Waals surface area contributed by atoms with Crippen molar-refractivity contribution in [3.8, 4) is 0 Å². The molecular weight excluding hydrogens is 196 g/mol. The molecule has 2 aliphatic rings. The van der Waals surface area contributed by atoms with Gasteiger partial charge in [-0.15, -0.1) is 0 Å². The molecule has 1 fully saturated rings. The summed E-state index contributed by atoms with van der Waals surface area (Å²) < 4.78 is 23.3. The van der Waals surface area contributed by atoms with Crippen LogP contribution in [0.4, 0.5) is 0 Å². The summed E-state index contributed by atoms with van der Waals surface area (Å²) in [5.74, 6) is -0.394. The molecule has 0 aromatic heterocycles. The first-order chi connectivity index (χ1) is 7.53. The molecule has 4 nitrogen and oxygen atoms in total. The van der Waals surface area contributed by atoms with Gasteiger partial charge in [0.25, 0.3) is 0 Å². The third kappa shape index (κ3) is 2.21. The summed E-state index contributed by atoms with van der Waals surface area (Å²) >= 11 is 0. The van der Waals surface area contributed by atoms with Gasteiger partial charge in [0.2, 0.25) is 0 Å². The van der Waals surface area contributed by atoms with E-state index >= 15 is 0 Å². The van der Waals surface area contributed by atoms with Crippen LogP contribution in [0.2, 0.25) is 0 Å². The maximum Gasteiger partial charge on any atom is 0.312 e. The van der Waals surface area contributed by atoms with Gasteiger partial charge in [0.1, 0.15) is 6.10 Å². The van der Waals surface area contributed by atoms with Crippen LogP contribution >= 0.6 is 0 Å². The first-order valence-electron chi connectivity index (χ1n) is 5.69. The normalized spacial score (nSPS) is 35.1. The van der Waals surface area contributed by atoms with Crippen molar-refractivity contribution in [3.63, 3.8) is 0 Å². The Morgan fingerprint density at radius 2 is 2.40 bits per heavy atom. The van der Waals surface area contributed by atoms with Crippen LogP contribution in [0.3, 0.4) is 0 Å². The quantitative estimate of drug-likeness (QED) is 0.486. The summed E-state index contributed by atoms with van der Waals surface area (Å²) in [5.41, 5.74) is -0.788. The number of carbonyl (C=O) groups excluding carboxylic acids is 1. The van der Waals surface area contributed by atoms with Crippen molar-refractivity contribution in [2.75, 3.05) is 6.61 Å². The van der Waals surface area contributed by atoms with Crippen LogP contribution in [0.1, 0.15) is 22.1 Å². The zero-order chi connectivity index (χ0) is 11.8. The molecule has 0 aromatic rings. The fraction of sp³-hybridized carbons (Fsp3) is 0.727. The van der Waals surface area contributed by atoms with Crippen molar-refractivity contribution in [1.29, 1.82) is 0 Å². The molecule has 3 atom stereocenters. The maximum absolute atomic E-state index is 11.8. The van der Waals surface area contributed by atoms with Gasteiger partial charge in [-0.1, -0.05) is 6.08 Å². The average Bonchev–Trinajstić information content (AvgIpc) is 2.65. The van der Waals surface area contributed by atoms with Crippen molar-refractivity contribution >= 4 is 5.97 Å². The minimum absolute atomic E-state index is 0.00270. The van der Waals surface area contributed by atoms with Gasteiger partial charge in [-0.3, -0.25) is 4.79 Å². The standard InChI is InChI=1S/C11H16O4/c1-11(2,3)10(12)15-8-5-4-7-6-13-9(8)14-7/h4-5,7-9H,6H2,1-3H3/t7-,8-,9?/m0/s1/i1D. The highest BCUT2D eigenvalue weighted by Crippen LogP contribution is 2.26. The van der Waals surface area contributed by atoms with Crippen LogP contribution in [0.15, 0.2) is 12.2 Å². The Hall–Kier alpha value is -0.870. The minimum atomic E-state index is -0.788. The number of fused-ring (bicyclic) bond motifs is 2. The zero-order valence-corrected chi connectivity index (χ0v) is 8.93. The molecule has 0 aromatic carbocycles. The van der Waals surface area contributed by atoms with E-state index in [0.29, 0.717) is 6.61 Å². The third-order valence-corrected chi connectivity index (χ3v) is 2.31. The van der Waals surface area contributed by atoms with E-state index in [1.54, 1.807) is 19.9 Å². The van der Waals surface area contributed by atoms with Crippen LogP contribution in [0.25, 0.3) is 0 Å². The molecule has 2 bridgehead atoms. The lowest BCUT2D eigenvalue weighted by Gasteiger charge is -2.26. The van der Waals surface area contributed by atoms with Gasteiger partial charge in [0.15, 0.2) is 12.4 Å². The second kappa shape index (κ2) is 3.61. The Bertz CT molecular complexity index is 313. The fourth-order valence-electron chi connectivity index (χ4n) is 1.42. The van der Waals surface area contributed by atoms with Crippen molar-refractivity contribution in [1.82, 2.24) is 0 Å². The largest absolute Gasteiger partial charge is 0.452 e. The molecule has 0 N–H and O–H groups in total. The third-order valence-electron chi connectivity index (χ3n) is 2.31. The van der Waals surface area contributed by atoms with E-state index < -0.39 is 23.8 Å². The molecular formula is C11H16O4. The van der Waals surface area contributed by atoms with Crippen LogP contribution in [-0.4, -0.2) is 31.1 Å². The summed E-state index contributed by atoms with van der Waals surface area (Å²) in [6, 6.07) is 0. The molecule has 1 saturated heterocycles. The number of esters is 1. The van der Waals surface area contributed by atoms with Crippen LogP contribution in [0.5, 0.6) is 0 Å². The maximum atomic E-state index is 11.8. The Labute approximate surface area is 90.6 Å². The van der Waals surface area contributed by atoms with E-state index in [2.05, 4.69) is 0 Å². The molecule has 0 radical (unpaired) electrons. The Kier molecular flexibility index (Phi) is 2.25. The fourth-order valence-corrected chi connectivity index (χ4v) is 1.42. The predicted molar refractivity (Wildman–Crippen MR) is 53.1 cm³/mol. The van der Waals surface area contributed by atoms with Gasteiger partial charge in [-0.05, 0) is 26.8 Å². The summed E-state index contributed by atoms with van der Waals surface area (Å²) in [6.07, 6.45) is 2.65. The summed E-state index contributed by atoms with van der Waals surface area (Å²) in [4.78, 5) is 11.8. The summed E-state index contributed by atoms with van der Waals surface area (Å²) in [5, 5.41) is 0. The number of rotatable bonds is 1. The summed E-state index contributed by atoms with van der Waals surface area (Å²) in [7, 11) is 0. The molecule has 0 saturated carbocycles. The second-order valence-corrected chi connectivity index (χ2v) is 4.51. The first-order valence-corrected chi connectivity index (χ1v) is 4.98. The zero-order valence-electron chi connectivity index (χ0n) is 9.93. The monoisotopic (exact) mass is 213 g/mol.